The average molecular weight is 408 g/mol. The molecule has 27 heavy (non-hydrogen) atoms. The van der Waals surface area contributed by atoms with E-state index in [2.05, 4.69) is 52.4 Å². The van der Waals surface area contributed by atoms with E-state index in [0.29, 0.717) is 13.1 Å². The fourth-order valence-corrected chi connectivity index (χ4v) is 4.73. The number of thiophene rings is 1. The van der Waals surface area contributed by atoms with Crippen LogP contribution in [0.1, 0.15) is 35.4 Å². The molecule has 148 valence electrons. The number of halogens is 1. The Bertz CT molecular complexity index is 706. The van der Waals surface area contributed by atoms with Crippen molar-refractivity contribution >= 4 is 29.7 Å². The maximum absolute atomic E-state index is 13.0. The Kier molecular flexibility index (Phi) is 8.77. The molecule has 2 N–H and O–H groups in total. The fraction of sp³-hybridized carbons (Fsp3) is 0.476. The molecule has 6 heteroatoms. The van der Waals surface area contributed by atoms with Crippen LogP contribution in [-0.4, -0.2) is 48.4 Å². The van der Waals surface area contributed by atoms with E-state index in [1.165, 1.54) is 16.0 Å². The van der Waals surface area contributed by atoms with E-state index in [0.717, 1.165) is 38.9 Å². The first-order chi connectivity index (χ1) is 12.7. The number of amides is 1. The van der Waals surface area contributed by atoms with Crippen molar-refractivity contribution in [2.75, 3.05) is 32.7 Å². The molecule has 1 aliphatic heterocycles. The molecule has 0 bridgehead atoms. The molecule has 2 aromatic rings. The number of nitrogens with zero attached hydrogens (tertiary/aromatic N) is 2. The zero-order valence-electron chi connectivity index (χ0n) is 16.0. The first-order valence-corrected chi connectivity index (χ1v) is 10.4. The van der Waals surface area contributed by atoms with E-state index >= 15 is 0 Å². The third kappa shape index (κ3) is 5.55. The highest BCUT2D eigenvalue weighted by Crippen LogP contribution is 2.35. The number of hydrogen-bond donors (Lipinski definition) is 1. The van der Waals surface area contributed by atoms with Crippen molar-refractivity contribution in [3.63, 3.8) is 0 Å². The van der Waals surface area contributed by atoms with Crippen LogP contribution in [0.25, 0.3) is 0 Å². The summed E-state index contributed by atoms with van der Waals surface area (Å²) in [4.78, 5) is 18.8. The van der Waals surface area contributed by atoms with E-state index in [4.69, 9.17) is 5.73 Å². The van der Waals surface area contributed by atoms with Crippen molar-refractivity contribution in [3.8, 4) is 0 Å². The highest BCUT2D eigenvalue weighted by atomic mass is 35.5. The van der Waals surface area contributed by atoms with Crippen LogP contribution < -0.4 is 5.73 Å². The molecule has 1 aromatic heterocycles. The Hall–Kier alpha value is -1.40. The Morgan fingerprint density at radius 3 is 2.74 bits per heavy atom. The molecule has 1 atom stereocenters. The van der Waals surface area contributed by atoms with Gasteiger partial charge in [-0.1, -0.05) is 37.3 Å². The van der Waals surface area contributed by atoms with Gasteiger partial charge in [-0.25, -0.2) is 0 Å². The van der Waals surface area contributed by atoms with Gasteiger partial charge in [-0.05, 0) is 41.8 Å². The second-order valence-corrected chi connectivity index (χ2v) is 7.86. The summed E-state index contributed by atoms with van der Waals surface area (Å²) in [6.45, 7) is 5.66. The SMILES string of the molecule is CCC1c2ccsc2CCN1C(=O)CN(CCN)CCc1ccccc1.Cl. The molecule has 0 saturated carbocycles. The van der Waals surface area contributed by atoms with Gasteiger partial charge in [0.15, 0.2) is 0 Å². The number of benzene rings is 1. The molecule has 1 aliphatic rings. The lowest BCUT2D eigenvalue weighted by atomic mass is 9.97. The summed E-state index contributed by atoms with van der Waals surface area (Å²) in [7, 11) is 0. The number of fused-ring (bicyclic) bond motifs is 1. The van der Waals surface area contributed by atoms with Crippen LogP contribution in [0.3, 0.4) is 0 Å². The fourth-order valence-electron chi connectivity index (χ4n) is 3.80. The van der Waals surface area contributed by atoms with Crippen molar-refractivity contribution in [2.45, 2.75) is 32.2 Å². The van der Waals surface area contributed by atoms with Gasteiger partial charge in [0.05, 0.1) is 12.6 Å². The molecule has 0 fully saturated rings. The van der Waals surface area contributed by atoms with E-state index in [1.807, 2.05) is 17.4 Å². The van der Waals surface area contributed by atoms with E-state index in [1.54, 1.807) is 0 Å². The molecular formula is C21H30ClN3OS. The second-order valence-electron chi connectivity index (χ2n) is 6.86. The standard InChI is InChI=1S/C21H29N3OS.ClH/c1-2-19-18-10-15-26-20(18)9-13-24(19)21(25)16-23(14-11-22)12-8-17-6-4-3-5-7-17;/h3-7,10,15,19H,2,8-9,11-14,16,22H2,1H3;1H. The van der Waals surface area contributed by atoms with Gasteiger partial charge in [0, 0.05) is 31.1 Å². The summed E-state index contributed by atoms with van der Waals surface area (Å²) >= 11 is 1.82. The molecule has 0 spiro atoms. The molecule has 0 saturated heterocycles. The van der Waals surface area contributed by atoms with Crippen molar-refractivity contribution < 1.29 is 4.79 Å². The van der Waals surface area contributed by atoms with Crippen LogP contribution in [0.15, 0.2) is 41.8 Å². The van der Waals surface area contributed by atoms with Crippen molar-refractivity contribution in [2.24, 2.45) is 5.73 Å². The molecule has 4 nitrogen and oxygen atoms in total. The minimum atomic E-state index is 0. The van der Waals surface area contributed by atoms with Gasteiger partial charge < -0.3 is 10.6 Å². The van der Waals surface area contributed by atoms with Gasteiger partial charge in [0.2, 0.25) is 5.91 Å². The van der Waals surface area contributed by atoms with Gasteiger partial charge in [0.1, 0.15) is 0 Å². The summed E-state index contributed by atoms with van der Waals surface area (Å²) in [5.41, 5.74) is 8.44. The highest BCUT2D eigenvalue weighted by Gasteiger charge is 2.30. The normalized spacial score (nSPS) is 16.1. The number of hydrogen-bond acceptors (Lipinski definition) is 4. The van der Waals surface area contributed by atoms with Crippen molar-refractivity contribution in [1.29, 1.82) is 0 Å². The molecule has 0 aliphatic carbocycles. The van der Waals surface area contributed by atoms with Crippen LogP contribution >= 0.6 is 23.7 Å². The van der Waals surface area contributed by atoms with E-state index in [-0.39, 0.29) is 24.4 Å². The molecule has 2 heterocycles. The maximum atomic E-state index is 13.0. The summed E-state index contributed by atoms with van der Waals surface area (Å²) in [5.74, 6) is 0.232. The summed E-state index contributed by atoms with van der Waals surface area (Å²) in [5, 5.41) is 2.15. The van der Waals surface area contributed by atoms with Gasteiger partial charge in [-0.3, -0.25) is 9.69 Å². The lowest BCUT2D eigenvalue weighted by Crippen LogP contribution is -2.46. The quantitative estimate of drug-likeness (QED) is 0.728. The van der Waals surface area contributed by atoms with Gasteiger partial charge >= 0.3 is 0 Å². The van der Waals surface area contributed by atoms with Crippen LogP contribution in [0.2, 0.25) is 0 Å². The van der Waals surface area contributed by atoms with Gasteiger partial charge in [-0.2, -0.15) is 0 Å². The molecule has 1 aromatic carbocycles. The number of carbonyl (C=O) groups excluding carboxylic acids is 1. The maximum Gasteiger partial charge on any atom is 0.237 e. The number of carbonyl (C=O) groups is 1. The molecule has 3 rings (SSSR count). The minimum absolute atomic E-state index is 0. The van der Waals surface area contributed by atoms with Crippen LogP contribution in [-0.2, 0) is 17.6 Å². The summed E-state index contributed by atoms with van der Waals surface area (Å²) in [6, 6.07) is 12.9. The molecule has 1 amide bonds. The average Bonchev–Trinajstić information content (AvgIpc) is 3.15. The predicted molar refractivity (Wildman–Crippen MR) is 116 cm³/mol. The summed E-state index contributed by atoms with van der Waals surface area (Å²) in [6.07, 6.45) is 2.90. The van der Waals surface area contributed by atoms with Crippen LogP contribution in [0.4, 0.5) is 0 Å². The molecular weight excluding hydrogens is 378 g/mol. The number of nitrogens with two attached hydrogens (primary N) is 1. The monoisotopic (exact) mass is 407 g/mol. The topological polar surface area (TPSA) is 49.6 Å². The van der Waals surface area contributed by atoms with Crippen LogP contribution in [0, 0.1) is 0 Å². The molecule has 0 radical (unpaired) electrons. The van der Waals surface area contributed by atoms with Crippen LogP contribution in [0.5, 0.6) is 0 Å². The lowest BCUT2D eigenvalue weighted by Gasteiger charge is -2.37. The smallest absolute Gasteiger partial charge is 0.237 e. The van der Waals surface area contributed by atoms with Gasteiger partial charge in [-0.15, -0.1) is 23.7 Å². The Balaban J connectivity index is 0.00000261. The van der Waals surface area contributed by atoms with Gasteiger partial charge in [0.25, 0.3) is 0 Å². The first-order valence-electron chi connectivity index (χ1n) is 9.55. The largest absolute Gasteiger partial charge is 0.334 e. The number of rotatable bonds is 8. The summed E-state index contributed by atoms with van der Waals surface area (Å²) < 4.78 is 0. The zero-order chi connectivity index (χ0) is 18.4. The Labute approximate surface area is 172 Å². The Morgan fingerprint density at radius 1 is 1.26 bits per heavy atom. The second kappa shape index (κ2) is 10.8. The lowest BCUT2D eigenvalue weighted by molar-refractivity contribution is -0.135. The van der Waals surface area contributed by atoms with E-state index < -0.39 is 0 Å². The third-order valence-electron chi connectivity index (χ3n) is 5.17. The van der Waals surface area contributed by atoms with Crippen molar-refractivity contribution in [3.05, 3.63) is 57.8 Å². The van der Waals surface area contributed by atoms with Crippen molar-refractivity contribution in [1.82, 2.24) is 9.80 Å². The zero-order valence-corrected chi connectivity index (χ0v) is 17.6. The first kappa shape index (κ1) is 21.9. The highest BCUT2D eigenvalue weighted by molar-refractivity contribution is 7.10. The minimum Gasteiger partial charge on any atom is -0.334 e. The van der Waals surface area contributed by atoms with E-state index in [9.17, 15) is 4.79 Å². The Morgan fingerprint density at radius 2 is 2.04 bits per heavy atom. The molecule has 1 unspecified atom stereocenters. The third-order valence-corrected chi connectivity index (χ3v) is 6.16. The predicted octanol–water partition coefficient (Wildman–Crippen LogP) is 3.51.